The Kier molecular flexibility index (Phi) is 2.44. The Morgan fingerprint density at radius 2 is 1.88 bits per heavy atom. The van der Waals surface area contributed by atoms with Crippen LogP contribution in [0.15, 0.2) is 24.3 Å². The molecule has 2 heteroatoms. The topological polar surface area (TPSA) is 27.8 Å². The fourth-order valence-electron chi connectivity index (χ4n) is 2.82. The van der Waals surface area contributed by atoms with Crippen LogP contribution >= 0.6 is 0 Å². The lowest BCUT2D eigenvalue weighted by atomic mass is 9.92. The number of para-hydroxylation sites is 1. The summed E-state index contributed by atoms with van der Waals surface area (Å²) in [5.41, 5.74) is 4.19. The van der Waals surface area contributed by atoms with E-state index in [-0.39, 0.29) is 0 Å². The summed E-state index contributed by atoms with van der Waals surface area (Å²) < 4.78 is 0. The van der Waals surface area contributed by atoms with Crippen LogP contribution in [-0.2, 0) is 0 Å². The summed E-state index contributed by atoms with van der Waals surface area (Å²) in [6.45, 7) is 4.55. The molecule has 84 valence electrons. The van der Waals surface area contributed by atoms with Gasteiger partial charge in [0.1, 0.15) is 0 Å². The molecule has 2 N–H and O–H groups in total. The highest BCUT2D eigenvalue weighted by Gasteiger charge is 2.19. The van der Waals surface area contributed by atoms with E-state index >= 15 is 0 Å². The Morgan fingerprint density at radius 3 is 2.62 bits per heavy atom. The average molecular weight is 214 g/mol. The Labute approximate surface area is 96.1 Å². The molecule has 2 nitrogen and oxygen atoms in total. The van der Waals surface area contributed by atoms with Crippen molar-refractivity contribution in [3.8, 4) is 0 Å². The Balaban J connectivity index is 2.05. The Hall–Kier alpha value is -1.28. The van der Waals surface area contributed by atoms with Gasteiger partial charge in [0.25, 0.3) is 0 Å². The summed E-state index contributed by atoms with van der Waals surface area (Å²) in [7, 11) is 0. The van der Waals surface area contributed by atoms with Crippen molar-refractivity contribution in [1.82, 2.24) is 10.3 Å². The van der Waals surface area contributed by atoms with Crippen LogP contribution in [0.1, 0.15) is 30.0 Å². The number of benzene rings is 1. The van der Waals surface area contributed by atoms with E-state index in [1.807, 2.05) is 0 Å². The van der Waals surface area contributed by atoms with E-state index in [0.29, 0.717) is 5.92 Å². The molecule has 0 unspecified atom stereocenters. The van der Waals surface area contributed by atoms with E-state index in [1.165, 1.54) is 35.0 Å². The van der Waals surface area contributed by atoms with Crippen molar-refractivity contribution < 1.29 is 0 Å². The van der Waals surface area contributed by atoms with Gasteiger partial charge in [-0.2, -0.15) is 0 Å². The molecule has 0 saturated carbocycles. The lowest BCUT2D eigenvalue weighted by Crippen LogP contribution is -2.27. The molecular formula is C14H18N2. The Bertz CT molecular complexity index is 492. The normalized spacial score (nSPS) is 18.1. The Morgan fingerprint density at radius 1 is 1.12 bits per heavy atom. The summed E-state index contributed by atoms with van der Waals surface area (Å²) in [6, 6.07) is 8.61. The average Bonchev–Trinajstić information content (AvgIpc) is 2.69. The van der Waals surface area contributed by atoms with Gasteiger partial charge in [-0.3, -0.25) is 0 Å². The molecule has 16 heavy (non-hydrogen) atoms. The first kappa shape index (κ1) is 9.91. The number of rotatable bonds is 1. The predicted octanol–water partition coefficient (Wildman–Crippen LogP) is 2.94. The maximum absolute atomic E-state index is 3.61. The number of hydrogen-bond acceptors (Lipinski definition) is 1. The second-order valence-electron chi connectivity index (χ2n) is 4.73. The van der Waals surface area contributed by atoms with Gasteiger partial charge >= 0.3 is 0 Å². The molecule has 2 aromatic rings. The number of H-pyrrole nitrogens is 1. The molecule has 1 saturated heterocycles. The van der Waals surface area contributed by atoms with E-state index < -0.39 is 0 Å². The molecule has 3 rings (SSSR count). The molecule has 0 amide bonds. The molecule has 0 spiro atoms. The van der Waals surface area contributed by atoms with Gasteiger partial charge in [0.05, 0.1) is 0 Å². The summed E-state index contributed by atoms with van der Waals surface area (Å²) in [6.07, 6.45) is 2.52. The zero-order valence-electron chi connectivity index (χ0n) is 9.72. The van der Waals surface area contributed by atoms with E-state index in [4.69, 9.17) is 0 Å². The summed E-state index contributed by atoms with van der Waals surface area (Å²) >= 11 is 0. The van der Waals surface area contributed by atoms with E-state index in [1.54, 1.807) is 0 Å². The first-order valence-electron chi connectivity index (χ1n) is 6.14. The van der Waals surface area contributed by atoms with Crippen LogP contribution in [0, 0.1) is 6.92 Å². The molecule has 1 aliphatic rings. The van der Waals surface area contributed by atoms with Crippen LogP contribution in [0.5, 0.6) is 0 Å². The standard InChI is InChI=1S/C14H18N2/c1-10-12-4-2-3-5-13(12)16-14(10)11-6-8-15-9-7-11/h2-5,11,15-16H,6-9H2,1H3. The van der Waals surface area contributed by atoms with E-state index in [2.05, 4.69) is 41.5 Å². The van der Waals surface area contributed by atoms with Crippen molar-refractivity contribution in [3.05, 3.63) is 35.5 Å². The lowest BCUT2D eigenvalue weighted by Gasteiger charge is -2.22. The van der Waals surface area contributed by atoms with Crippen molar-refractivity contribution >= 4 is 10.9 Å². The molecule has 1 aromatic carbocycles. The van der Waals surface area contributed by atoms with E-state index in [9.17, 15) is 0 Å². The number of piperidine rings is 1. The minimum Gasteiger partial charge on any atom is -0.358 e. The number of aromatic nitrogens is 1. The maximum atomic E-state index is 3.61. The second-order valence-corrected chi connectivity index (χ2v) is 4.73. The SMILES string of the molecule is Cc1c(C2CCNCC2)[nH]c2ccccc12. The fraction of sp³-hybridized carbons (Fsp3) is 0.429. The van der Waals surface area contributed by atoms with Crippen LogP contribution in [0.25, 0.3) is 10.9 Å². The monoisotopic (exact) mass is 214 g/mol. The van der Waals surface area contributed by atoms with Crippen molar-refractivity contribution in [1.29, 1.82) is 0 Å². The molecule has 0 atom stereocenters. The number of fused-ring (bicyclic) bond motifs is 1. The van der Waals surface area contributed by atoms with Crippen molar-refractivity contribution in [2.75, 3.05) is 13.1 Å². The largest absolute Gasteiger partial charge is 0.358 e. The summed E-state index contributed by atoms with van der Waals surface area (Å²) in [5.74, 6) is 0.716. The van der Waals surface area contributed by atoms with Crippen LogP contribution in [0.4, 0.5) is 0 Å². The molecule has 0 radical (unpaired) electrons. The molecule has 1 aromatic heterocycles. The van der Waals surface area contributed by atoms with Gasteiger partial charge in [0.15, 0.2) is 0 Å². The minimum atomic E-state index is 0.716. The van der Waals surface area contributed by atoms with Crippen LogP contribution in [0.3, 0.4) is 0 Å². The molecule has 1 fully saturated rings. The smallest absolute Gasteiger partial charge is 0.0458 e. The number of aromatic amines is 1. The molecule has 1 aliphatic heterocycles. The zero-order chi connectivity index (χ0) is 11.0. The van der Waals surface area contributed by atoms with Crippen LogP contribution in [0.2, 0.25) is 0 Å². The molecular weight excluding hydrogens is 196 g/mol. The first-order valence-corrected chi connectivity index (χ1v) is 6.14. The van der Waals surface area contributed by atoms with Crippen molar-refractivity contribution in [3.63, 3.8) is 0 Å². The zero-order valence-corrected chi connectivity index (χ0v) is 9.72. The minimum absolute atomic E-state index is 0.716. The third kappa shape index (κ3) is 1.54. The summed E-state index contributed by atoms with van der Waals surface area (Å²) in [5, 5.41) is 4.81. The summed E-state index contributed by atoms with van der Waals surface area (Å²) in [4.78, 5) is 3.61. The third-order valence-corrected chi connectivity index (χ3v) is 3.75. The van der Waals surface area contributed by atoms with Gasteiger partial charge in [0, 0.05) is 22.5 Å². The first-order chi connectivity index (χ1) is 7.86. The maximum Gasteiger partial charge on any atom is 0.0458 e. The van der Waals surface area contributed by atoms with Gasteiger partial charge < -0.3 is 10.3 Å². The van der Waals surface area contributed by atoms with Crippen LogP contribution < -0.4 is 5.32 Å². The fourth-order valence-corrected chi connectivity index (χ4v) is 2.82. The molecule has 0 aliphatic carbocycles. The van der Waals surface area contributed by atoms with E-state index in [0.717, 1.165) is 13.1 Å². The number of nitrogens with one attached hydrogen (secondary N) is 2. The van der Waals surface area contributed by atoms with Gasteiger partial charge in [-0.1, -0.05) is 18.2 Å². The lowest BCUT2D eigenvalue weighted by molar-refractivity contribution is 0.454. The van der Waals surface area contributed by atoms with Gasteiger partial charge in [-0.25, -0.2) is 0 Å². The number of hydrogen-bond donors (Lipinski definition) is 2. The highest BCUT2D eigenvalue weighted by Crippen LogP contribution is 2.31. The second kappa shape index (κ2) is 3.95. The van der Waals surface area contributed by atoms with Crippen molar-refractivity contribution in [2.45, 2.75) is 25.7 Å². The highest BCUT2D eigenvalue weighted by atomic mass is 14.9. The third-order valence-electron chi connectivity index (χ3n) is 3.75. The number of aryl methyl sites for hydroxylation is 1. The highest BCUT2D eigenvalue weighted by molar-refractivity contribution is 5.84. The van der Waals surface area contributed by atoms with Gasteiger partial charge in [0.2, 0.25) is 0 Å². The van der Waals surface area contributed by atoms with Gasteiger partial charge in [-0.05, 0) is 44.5 Å². The molecule has 2 heterocycles. The van der Waals surface area contributed by atoms with Gasteiger partial charge in [-0.15, -0.1) is 0 Å². The molecule has 0 bridgehead atoms. The van der Waals surface area contributed by atoms with Crippen molar-refractivity contribution in [2.24, 2.45) is 0 Å². The quantitative estimate of drug-likeness (QED) is 0.750. The van der Waals surface area contributed by atoms with Crippen LogP contribution in [-0.4, -0.2) is 18.1 Å². The predicted molar refractivity (Wildman–Crippen MR) is 67.9 cm³/mol.